The minimum Gasteiger partial charge on any atom is -0.464 e. The Morgan fingerprint density at radius 3 is 2.52 bits per heavy atom. The van der Waals surface area contributed by atoms with Crippen LogP contribution in [0.5, 0.6) is 0 Å². The maximum absolute atomic E-state index is 14.6. The number of aliphatic imine (C=N–C) groups is 1. The number of benzene rings is 1. The van der Waals surface area contributed by atoms with E-state index >= 15 is 0 Å². The number of rotatable bonds is 12. The van der Waals surface area contributed by atoms with E-state index in [0.717, 1.165) is 44.7 Å². The summed E-state index contributed by atoms with van der Waals surface area (Å²) in [5, 5.41) is 8.01. The molecule has 6 bridgehead atoms. The number of cyclic esters (lactones) is 1. The molecular weight excluding hydrogens is 871 g/mol. The van der Waals surface area contributed by atoms with E-state index in [1.54, 1.807) is 44.1 Å². The van der Waals surface area contributed by atoms with E-state index in [-0.39, 0.29) is 43.0 Å². The average Bonchev–Trinajstić information content (AvgIpc) is 3.87. The zero-order chi connectivity index (χ0) is 49.1. The molecule has 0 aliphatic carbocycles. The summed E-state index contributed by atoms with van der Waals surface area (Å²) < 4.78 is 14.2. The van der Waals surface area contributed by atoms with Gasteiger partial charge in [-0.15, -0.1) is 11.3 Å². The minimum atomic E-state index is -1.10. The lowest BCUT2D eigenvalue weighted by Gasteiger charge is -2.45. The quantitative estimate of drug-likeness (QED) is 0.0923. The SMILES string of the molecule is C=C/C(=C(\N=CC)[C@H](C)OC)c1c2c3cc(ccc3n1CC)-c1csc(n1)C[C@H](NC(=O)[C@H](C(C)C)N(C)C(=O)N(C)C1CN(C(=O)C(=C)C)C1)C(=O)N1CCC[C@H](N1)C(=O)OCC(C)(C)C2. The van der Waals surface area contributed by atoms with E-state index < -0.39 is 41.3 Å². The standard InChI is InChI=1S/C50H69N9O7S/c1-14-34(42(51-15-2)31(8)65-13)44-36-24-50(9,10)28-66-48(63)37-18-17-21-59(54-37)47(62)38(23-41-52-39(27-67-41)32-19-20-40(35(36)22-32)58(44)16-3)53-45(60)43(29(4)5)56(12)49(64)55(11)33-25-57(26-33)46(61)30(6)7/h14-15,19-20,22,27,29,31,33,37-38,43,54H,1,6,16-18,21,23-26,28H2,2-5,7-13H3,(H,53,60)/b42-34+,51-15?/t31-,37-,38-,43-/m0/s1. The molecule has 362 valence electrons. The van der Waals surface area contributed by atoms with Gasteiger partial charge in [-0.3, -0.25) is 29.2 Å². The maximum Gasteiger partial charge on any atom is 0.324 e. The molecule has 2 fully saturated rings. The van der Waals surface area contributed by atoms with Crippen molar-refractivity contribution in [2.75, 3.05) is 47.4 Å². The van der Waals surface area contributed by atoms with Gasteiger partial charge >= 0.3 is 12.0 Å². The number of hydrogen-bond donors (Lipinski definition) is 2. The molecule has 2 saturated heterocycles. The molecule has 16 nitrogen and oxygen atoms in total. The number of aryl methyl sites for hydroxylation is 1. The number of ether oxygens (including phenoxy) is 2. The third kappa shape index (κ3) is 10.7. The Labute approximate surface area is 399 Å². The third-order valence-electron chi connectivity index (χ3n) is 13.0. The molecule has 0 radical (unpaired) electrons. The van der Waals surface area contributed by atoms with Crippen LogP contribution in [0.1, 0.15) is 84.5 Å². The highest BCUT2D eigenvalue weighted by atomic mass is 32.1. The van der Waals surface area contributed by atoms with Gasteiger partial charge < -0.3 is 34.1 Å². The summed E-state index contributed by atoms with van der Waals surface area (Å²) in [6.45, 7) is 25.2. The van der Waals surface area contributed by atoms with E-state index in [0.29, 0.717) is 56.0 Å². The van der Waals surface area contributed by atoms with Gasteiger partial charge in [0.15, 0.2) is 0 Å². The van der Waals surface area contributed by atoms with Crippen LogP contribution in [0.3, 0.4) is 0 Å². The first-order valence-electron chi connectivity index (χ1n) is 23.2. The molecular formula is C50H69N9O7S. The Balaban J connectivity index is 1.39. The molecule has 5 heterocycles. The average molecular weight is 940 g/mol. The van der Waals surface area contributed by atoms with Crippen LogP contribution in [-0.2, 0) is 48.0 Å². The second kappa shape index (κ2) is 21.1. The summed E-state index contributed by atoms with van der Waals surface area (Å²) in [4.78, 5) is 83.8. The lowest BCUT2D eigenvalue weighted by molar-refractivity contribution is -0.155. The van der Waals surface area contributed by atoms with Crippen molar-refractivity contribution in [1.29, 1.82) is 0 Å². The number of likely N-dealkylation sites (tertiary alicyclic amines) is 1. The van der Waals surface area contributed by atoms with Crippen molar-refractivity contribution in [1.82, 2.24) is 40.0 Å². The van der Waals surface area contributed by atoms with Crippen LogP contribution in [0.15, 0.2) is 59.1 Å². The predicted octanol–water partition coefficient (Wildman–Crippen LogP) is 6.25. The molecule has 0 spiro atoms. The van der Waals surface area contributed by atoms with Crippen molar-refractivity contribution in [3.63, 3.8) is 0 Å². The zero-order valence-corrected chi connectivity index (χ0v) is 41.9. The fourth-order valence-electron chi connectivity index (χ4n) is 9.32. The highest BCUT2D eigenvalue weighted by molar-refractivity contribution is 7.10. The summed E-state index contributed by atoms with van der Waals surface area (Å²) in [5.74, 6) is -1.91. The summed E-state index contributed by atoms with van der Waals surface area (Å²) in [6, 6.07) is 2.83. The molecule has 1 aromatic carbocycles. The number of aromatic nitrogens is 2. The number of carbonyl (C=O) groups is 5. The number of amides is 5. The second-order valence-corrected chi connectivity index (χ2v) is 20.0. The van der Waals surface area contributed by atoms with Crippen LogP contribution in [0.4, 0.5) is 4.79 Å². The number of nitrogens with one attached hydrogen (secondary N) is 2. The van der Waals surface area contributed by atoms with Gasteiger partial charge in [0.1, 0.15) is 18.1 Å². The van der Waals surface area contributed by atoms with Gasteiger partial charge in [0.05, 0.1) is 40.8 Å². The van der Waals surface area contributed by atoms with Crippen LogP contribution in [0.2, 0.25) is 0 Å². The highest BCUT2D eigenvalue weighted by Crippen LogP contribution is 2.40. The van der Waals surface area contributed by atoms with E-state index in [4.69, 9.17) is 19.5 Å². The van der Waals surface area contributed by atoms with Crippen molar-refractivity contribution < 1.29 is 33.4 Å². The highest BCUT2D eigenvalue weighted by Gasteiger charge is 2.41. The van der Waals surface area contributed by atoms with E-state index in [1.807, 2.05) is 45.2 Å². The summed E-state index contributed by atoms with van der Waals surface area (Å²) >= 11 is 1.39. The van der Waals surface area contributed by atoms with Gasteiger partial charge in [-0.1, -0.05) is 53.0 Å². The van der Waals surface area contributed by atoms with Crippen LogP contribution >= 0.6 is 11.3 Å². The summed E-state index contributed by atoms with van der Waals surface area (Å²) in [5.41, 5.74) is 9.24. The number of nitrogens with zero attached hydrogens (tertiary/aromatic N) is 7. The number of methoxy groups -OCH3 is 1. The van der Waals surface area contributed by atoms with E-state index in [9.17, 15) is 24.0 Å². The van der Waals surface area contributed by atoms with Crippen molar-refractivity contribution in [2.24, 2.45) is 16.3 Å². The fourth-order valence-corrected chi connectivity index (χ4v) is 10.2. The molecule has 6 rings (SSSR count). The summed E-state index contributed by atoms with van der Waals surface area (Å²) in [7, 11) is 4.90. The molecule has 17 heteroatoms. The van der Waals surface area contributed by atoms with Crippen LogP contribution in [0, 0.1) is 11.3 Å². The van der Waals surface area contributed by atoms with Crippen molar-refractivity contribution in [3.8, 4) is 11.3 Å². The molecule has 5 amide bonds. The molecule has 0 unspecified atom stereocenters. The number of fused-ring (bicyclic) bond motifs is 6. The first-order valence-corrected chi connectivity index (χ1v) is 24.1. The topological polar surface area (TPSA) is 171 Å². The Kier molecular flexibility index (Phi) is 16.0. The van der Waals surface area contributed by atoms with Crippen LogP contribution in [0.25, 0.3) is 27.7 Å². The molecule has 67 heavy (non-hydrogen) atoms. The number of esters is 1. The maximum atomic E-state index is 14.6. The predicted molar refractivity (Wildman–Crippen MR) is 263 cm³/mol. The Morgan fingerprint density at radius 2 is 1.90 bits per heavy atom. The normalized spacial score (nSPS) is 20.4. The molecule has 3 aliphatic rings. The Bertz CT molecular complexity index is 2460. The van der Waals surface area contributed by atoms with Gasteiger partial charge in [0.25, 0.3) is 5.91 Å². The zero-order valence-electron chi connectivity index (χ0n) is 41.1. The van der Waals surface area contributed by atoms with Crippen molar-refractivity contribution in [2.45, 2.75) is 118 Å². The second-order valence-electron chi connectivity index (χ2n) is 19.1. The Morgan fingerprint density at radius 1 is 1.18 bits per heavy atom. The number of thiazole rings is 1. The third-order valence-corrected chi connectivity index (χ3v) is 13.9. The fraction of sp³-hybridized carbons (Fsp3) is 0.540. The first-order chi connectivity index (χ1) is 31.7. The number of allylic oxidation sites excluding steroid dienone is 2. The number of hydrogen-bond acceptors (Lipinski definition) is 11. The van der Waals surface area contributed by atoms with Gasteiger partial charge in [-0.2, -0.15) is 0 Å². The number of urea groups is 1. The number of likely N-dealkylation sites (N-methyl/N-ethyl adjacent to an activating group) is 2. The van der Waals surface area contributed by atoms with Crippen LogP contribution < -0.4 is 10.7 Å². The molecule has 3 aromatic rings. The van der Waals surface area contributed by atoms with E-state index in [1.165, 1.54) is 21.2 Å². The van der Waals surface area contributed by atoms with Crippen molar-refractivity contribution >= 4 is 63.7 Å². The van der Waals surface area contributed by atoms with Gasteiger partial charge in [0, 0.05) is 98.4 Å². The molecule has 2 aromatic heterocycles. The number of hydrazine groups is 1. The minimum absolute atomic E-state index is 0.0590. The monoisotopic (exact) mass is 940 g/mol. The molecule has 2 N–H and O–H groups in total. The molecule has 0 saturated carbocycles. The Hall–Kier alpha value is -5.65. The van der Waals surface area contributed by atoms with Gasteiger partial charge in [-0.25, -0.2) is 15.2 Å². The first kappa shape index (κ1) is 50.8. The summed E-state index contributed by atoms with van der Waals surface area (Å²) in [6.07, 6.45) is 4.85. The number of carbonyl (C=O) groups excluding carboxylic acids is 5. The molecule has 3 aliphatic heterocycles. The van der Waals surface area contributed by atoms with Gasteiger partial charge in [-0.05, 0) is 70.6 Å². The lowest BCUT2D eigenvalue weighted by atomic mass is 9.84. The lowest BCUT2D eigenvalue weighted by Crippen LogP contribution is -2.65. The van der Waals surface area contributed by atoms with Crippen LogP contribution in [-0.4, -0.2) is 143 Å². The van der Waals surface area contributed by atoms with E-state index in [2.05, 4.69) is 61.4 Å². The smallest absolute Gasteiger partial charge is 0.324 e. The largest absolute Gasteiger partial charge is 0.464 e. The van der Waals surface area contributed by atoms with Crippen molar-refractivity contribution in [3.05, 3.63) is 70.3 Å². The molecule has 4 atom stereocenters. The van der Waals surface area contributed by atoms with Gasteiger partial charge in [0.2, 0.25) is 11.8 Å².